The molecule has 1 saturated heterocycles. The summed E-state index contributed by atoms with van der Waals surface area (Å²) in [6.07, 6.45) is 1.50. The van der Waals surface area contributed by atoms with Gasteiger partial charge in [-0.3, -0.25) is 0 Å². The standard InChI is InChI=1S/C18H20FNO5S2/c19-15-5-7-16(8-6-15)26(21,22)17-3-1-2-4-18(17)27(23,24)20-13-14-9-11-25-12-10-14/h1-8,14,20H,9-13H2. The van der Waals surface area contributed by atoms with Crippen molar-refractivity contribution in [1.82, 2.24) is 4.72 Å². The lowest BCUT2D eigenvalue weighted by atomic mass is 10.0. The lowest BCUT2D eigenvalue weighted by Crippen LogP contribution is -2.32. The lowest BCUT2D eigenvalue weighted by molar-refractivity contribution is 0.0678. The zero-order valence-corrected chi connectivity index (χ0v) is 16.1. The summed E-state index contributed by atoms with van der Waals surface area (Å²) >= 11 is 0. The molecule has 0 atom stereocenters. The van der Waals surface area contributed by atoms with Crippen LogP contribution in [-0.4, -0.2) is 36.6 Å². The molecular formula is C18H20FNO5S2. The number of ether oxygens (including phenoxy) is 1. The molecule has 0 radical (unpaired) electrons. The monoisotopic (exact) mass is 413 g/mol. The van der Waals surface area contributed by atoms with Crippen LogP contribution in [0.5, 0.6) is 0 Å². The third kappa shape index (κ3) is 4.55. The minimum Gasteiger partial charge on any atom is -0.381 e. The van der Waals surface area contributed by atoms with Gasteiger partial charge in [0.1, 0.15) is 10.7 Å². The summed E-state index contributed by atoms with van der Waals surface area (Å²) < 4.78 is 72.2. The average Bonchev–Trinajstić information content (AvgIpc) is 2.68. The van der Waals surface area contributed by atoms with Crippen LogP contribution in [0, 0.1) is 11.7 Å². The van der Waals surface area contributed by atoms with Crippen molar-refractivity contribution in [2.75, 3.05) is 19.8 Å². The third-order valence-corrected chi connectivity index (χ3v) is 7.89. The second-order valence-electron chi connectivity index (χ2n) is 6.31. The maximum Gasteiger partial charge on any atom is 0.241 e. The first-order valence-corrected chi connectivity index (χ1v) is 11.4. The highest BCUT2D eigenvalue weighted by Gasteiger charge is 2.28. The highest BCUT2D eigenvalue weighted by atomic mass is 32.2. The Hall–Kier alpha value is -1.81. The molecule has 3 rings (SSSR count). The summed E-state index contributed by atoms with van der Waals surface area (Å²) in [5, 5.41) is 0. The molecule has 1 fully saturated rings. The molecular weight excluding hydrogens is 393 g/mol. The van der Waals surface area contributed by atoms with Crippen molar-refractivity contribution in [3.63, 3.8) is 0 Å². The van der Waals surface area contributed by atoms with Crippen molar-refractivity contribution in [2.45, 2.75) is 27.5 Å². The van der Waals surface area contributed by atoms with E-state index in [9.17, 15) is 21.2 Å². The molecule has 27 heavy (non-hydrogen) atoms. The molecule has 6 nitrogen and oxygen atoms in total. The Kier molecular flexibility index (Phi) is 5.95. The van der Waals surface area contributed by atoms with Gasteiger partial charge < -0.3 is 4.74 Å². The number of rotatable bonds is 6. The van der Waals surface area contributed by atoms with Crippen LogP contribution in [0.3, 0.4) is 0 Å². The molecule has 2 aromatic carbocycles. The van der Waals surface area contributed by atoms with E-state index >= 15 is 0 Å². The van der Waals surface area contributed by atoms with E-state index < -0.39 is 25.7 Å². The molecule has 1 heterocycles. The highest BCUT2D eigenvalue weighted by Crippen LogP contribution is 2.27. The Morgan fingerprint density at radius 3 is 2.15 bits per heavy atom. The van der Waals surface area contributed by atoms with Gasteiger partial charge in [0, 0.05) is 19.8 Å². The summed E-state index contributed by atoms with van der Waals surface area (Å²) in [7, 11) is -8.15. The predicted octanol–water partition coefficient (Wildman–Crippen LogP) is 2.36. The molecule has 0 spiro atoms. The molecule has 1 N–H and O–H groups in total. The van der Waals surface area contributed by atoms with Crippen molar-refractivity contribution in [3.8, 4) is 0 Å². The van der Waals surface area contributed by atoms with Crippen LogP contribution in [0.1, 0.15) is 12.8 Å². The Morgan fingerprint density at radius 1 is 0.926 bits per heavy atom. The van der Waals surface area contributed by atoms with Gasteiger partial charge in [-0.1, -0.05) is 12.1 Å². The fourth-order valence-electron chi connectivity index (χ4n) is 2.89. The van der Waals surface area contributed by atoms with Crippen LogP contribution in [0.15, 0.2) is 63.2 Å². The summed E-state index contributed by atoms with van der Waals surface area (Å²) in [6, 6.07) is 9.68. The van der Waals surface area contributed by atoms with E-state index in [1.807, 2.05) is 0 Å². The molecule has 0 aliphatic carbocycles. The maximum atomic E-state index is 13.1. The number of hydrogen-bond donors (Lipinski definition) is 1. The quantitative estimate of drug-likeness (QED) is 0.735. The average molecular weight is 413 g/mol. The van der Waals surface area contributed by atoms with E-state index in [1.54, 1.807) is 0 Å². The fraction of sp³-hybridized carbons (Fsp3) is 0.333. The topological polar surface area (TPSA) is 89.5 Å². The Labute approximate surface area is 158 Å². The molecule has 0 unspecified atom stereocenters. The number of sulfone groups is 1. The van der Waals surface area contributed by atoms with Gasteiger partial charge in [0.25, 0.3) is 0 Å². The molecule has 0 aromatic heterocycles. The first-order valence-electron chi connectivity index (χ1n) is 8.48. The third-order valence-electron chi connectivity index (χ3n) is 4.46. The van der Waals surface area contributed by atoms with E-state index in [0.29, 0.717) is 13.2 Å². The van der Waals surface area contributed by atoms with Gasteiger partial charge in [-0.25, -0.2) is 25.9 Å². The normalized spacial score (nSPS) is 16.3. The van der Waals surface area contributed by atoms with Gasteiger partial charge in [-0.15, -0.1) is 0 Å². The van der Waals surface area contributed by atoms with Crippen LogP contribution in [-0.2, 0) is 24.6 Å². The summed E-state index contributed by atoms with van der Waals surface area (Å²) in [5.74, 6) is -0.428. The van der Waals surface area contributed by atoms with Gasteiger partial charge in [-0.2, -0.15) is 0 Å². The van der Waals surface area contributed by atoms with Crippen LogP contribution in [0.25, 0.3) is 0 Å². The first-order chi connectivity index (χ1) is 12.8. The van der Waals surface area contributed by atoms with Crippen molar-refractivity contribution in [2.24, 2.45) is 5.92 Å². The van der Waals surface area contributed by atoms with Crippen molar-refractivity contribution < 1.29 is 26.0 Å². The number of halogens is 1. The SMILES string of the molecule is O=S(=O)(NCC1CCOCC1)c1ccccc1S(=O)(=O)c1ccc(F)cc1. The Bertz CT molecular complexity index is 998. The van der Waals surface area contributed by atoms with Crippen LogP contribution in [0.2, 0.25) is 0 Å². The zero-order chi connectivity index (χ0) is 19.5. The summed E-state index contributed by atoms with van der Waals surface area (Å²) in [5.41, 5.74) is 0. The maximum absolute atomic E-state index is 13.1. The zero-order valence-electron chi connectivity index (χ0n) is 14.5. The van der Waals surface area contributed by atoms with Gasteiger partial charge in [-0.05, 0) is 55.2 Å². The minimum absolute atomic E-state index is 0.148. The number of benzene rings is 2. The molecule has 0 amide bonds. The largest absolute Gasteiger partial charge is 0.381 e. The molecule has 0 saturated carbocycles. The molecule has 1 aliphatic heterocycles. The molecule has 2 aromatic rings. The van der Waals surface area contributed by atoms with E-state index in [1.165, 1.54) is 24.3 Å². The first kappa shape index (κ1) is 19.9. The summed E-state index contributed by atoms with van der Waals surface area (Å²) in [4.78, 5) is -0.826. The van der Waals surface area contributed by atoms with Crippen molar-refractivity contribution in [3.05, 3.63) is 54.3 Å². The second kappa shape index (κ2) is 8.05. The van der Waals surface area contributed by atoms with Crippen LogP contribution < -0.4 is 4.72 Å². The van der Waals surface area contributed by atoms with E-state index in [2.05, 4.69) is 4.72 Å². The summed E-state index contributed by atoms with van der Waals surface area (Å²) in [6.45, 7) is 1.39. The Morgan fingerprint density at radius 2 is 1.52 bits per heavy atom. The van der Waals surface area contributed by atoms with Gasteiger partial charge in [0.2, 0.25) is 19.9 Å². The van der Waals surface area contributed by atoms with Gasteiger partial charge in [0.05, 0.1) is 9.79 Å². The molecule has 146 valence electrons. The molecule has 0 bridgehead atoms. The molecule has 1 aliphatic rings. The van der Waals surface area contributed by atoms with E-state index in [0.717, 1.165) is 37.1 Å². The van der Waals surface area contributed by atoms with Gasteiger partial charge in [0.15, 0.2) is 0 Å². The van der Waals surface area contributed by atoms with Crippen LogP contribution >= 0.6 is 0 Å². The van der Waals surface area contributed by atoms with E-state index in [4.69, 9.17) is 4.74 Å². The van der Waals surface area contributed by atoms with Crippen molar-refractivity contribution in [1.29, 1.82) is 0 Å². The van der Waals surface area contributed by atoms with Gasteiger partial charge >= 0.3 is 0 Å². The second-order valence-corrected chi connectivity index (χ2v) is 9.97. The highest BCUT2D eigenvalue weighted by molar-refractivity contribution is 7.93. The molecule has 9 heteroatoms. The van der Waals surface area contributed by atoms with E-state index in [-0.39, 0.29) is 27.1 Å². The lowest BCUT2D eigenvalue weighted by Gasteiger charge is -2.22. The number of sulfonamides is 1. The van der Waals surface area contributed by atoms with Crippen LogP contribution in [0.4, 0.5) is 4.39 Å². The minimum atomic E-state index is -4.12. The smallest absolute Gasteiger partial charge is 0.241 e. The number of hydrogen-bond acceptors (Lipinski definition) is 5. The predicted molar refractivity (Wildman–Crippen MR) is 97.0 cm³/mol. The Balaban J connectivity index is 1.91. The number of nitrogens with one attached hydrogen (secondary N) is 1. The van der Waals surface area contributed by atoms with Crippen molar-refractivity contribution >= 4 is 19.9 Å². The fourth-order valence-corrected chi connectivity index (χ4v) is 6.09.